The molecule has 19 heavy (non-hydrogen) atoms. The molecule has 0 aromatic heterocycles. The number of hydrogen-bond acceptors (Lipinski definition) is 3. The van der Waals surface area contributed by atoms with Gasteiger partial charge in [-0.25, -0.2) is 0 Å². The first-order valence-corrected chi connectivity index (χ1v) is 8.49. The first-order valence-electron chi connectivity index (χ1n) is 6.58. The summed E-state index contributed by atoms with van der Waals surface area (Å²) in [4.78, 5) is 0. The molecule has 1 fully saturated rings. The van der Waals surface area contributed by atoms with Crippen LogP contribution in [0.1, 0.15) is 12.5 Å². The summed E-state index contributed by atoms with van der Waals surface area (Å²) in [5.41, 5.74) is 1.01. The van der Waals surface area contributed by atoms with Crippen LogP contribution in [0.25, 0.3) is 0 Å². The zero-order valence-electron chi connectivity index (χ0n) is 11.0. The molecule has 5 heteroatoms. The van der Waals surface area contributed by atoms with Crippen molar-refractivity contribution in [3.05, 3.63) is 33.8 Å². The minimum absolute atomic E-state index is 0.228. The molecule has 1 heterocycles. The molecule has 0 radical (unpaired) electrons. The molecule has 2 unspecified atom stereocenters. The molecule has 0 bridgehead atoms. The van der Waals surface area contributed by atoms with E-state index in [1.807, 2.05) is 30.0 Å². The summed E-state index contributed by atoms with van der Waals surface area (Å²) in [6.45, 7) is 3.85. The Kier molecular flexibility index (Phi) is 6.30. The molecule has 2 rings (SSSR count). The highest BCUT2D eigenvalue weighted by atomic mass is 35.5. The second-order valence-corrected chi connectivity index (χ2v) is 6.52. The normalized spacial score (nSPS) is 21.3. The van der Waals surface area contributed by atoms with E-state index < -0.39 is 0 Å². The topological polar surface area (TPSA) is 21.3 Å². The summed E-state index contributed by atoms with van der Waals surface area (Å²) in [6.07, 6.45) is 1.03. The van der Waals surface area contributed by atoms with Crippen LogP contribution in [0.2, 0.25) is 10.0 Å². The van der Waals surface area contributed by atoms with Crippen molar-refractivity contribution in [2.24, 2.45) is 0 Å². The second-order valence-electron chi connectivity index (χ2n) is 4.55. The van der Waals surface area contributed by atoms with Crippen LogP contribution in [0.3, 0.4) is 0 Å². The number of ether oxygens (including phenoxy) is 1. The van der Waals surface area contributed by atoms with Crippen molar-refractivity contribution in [1.82, 2.24) is 5.32 Å². The van der Waals surface area contributed by atoms with E-state index in [0.717, 1.165) is 46.7 Å². The number of hydrogen-bond donors (Lipinski definition) is 1. The molecule has 2 atom stereocenters. The Labute approximate surface area is 129 Å². The Bertz CT molecular complexity index is 390. The maximum Gasteiger partial charge on any atom is 0.0821 e. The minimum atomic E-state index is 0.228. The summed E-state index contributed by atoms with van der Waals surface area (Å²) in [7, 11) is 0. The van der Waals surface area contributed by atoms with Crippen molar-refractivity contribution in [1.29, 1.82) is 0 Å². The fraction of sp³-hybridized carbons (Fsp3) is 0.571. The van der Waals surface area contributed by atoms with Gasteiger partial charge in [-0.1, -0.05) is 36.2 Å². The van der Waals surface area contributed by atoms with Crippen molar-refractivity contribution in [2.45, 2.75) is 25.5 Å². The van der Waals surface area contributed by atoms with Crippen molar-refractivity contribution < 1.29 is 4.74 Å². The summed E-state index contributed by atoms with van der Waals surface area (Å²) in [5, 5.41) is 4.97. The first kappa shape index (κ1) is 15.5. The van der Waals surface area contributed by atoms with Crippen LogP contribution in [0.4, 0.5) is 0 Å². The van der Waals surface area contributed by atoms with E-state index in [4.69, 9.17) is 27.9 Å². The molecule has 0 saturated carbocycles. The Morgan fingerprint density at radius 1 is 1.42 bits per heavy atom. The average Bonchev–Trinajstić information content (AvgIpc) is 2.43. The molecule has 1 saturated heterocycles. The molecular formula is C14H19Cl2NOS. The van der Waals surface area contributed by atoms with Gasteiger partial charge in [-0.2, -0.15) is 11.8 Å². The van der Waals surface area contributed by atoms with E-state index in [9.17, 15) is 0 Å². The van der Waals surface area contributed by atoms with E-state index in [1.165, 1.54) is 0 Å². The number of likely N-dealkylation sites (N-methyl/N-ethyl adjacent to an activating group) is 1. The number of nitrogens with one attached hydrogen (secondary N) is 1. The molecule has 0 spiro atoms. The monoisotopic (exact) mass is 319 g/mol. The molecule has 2 nitrogen and oxygen atoms in total. The van der Waals surface area contributed by atoms with Crippen LogP contribution in [-0.4, -0.2) is 36.8 Å². The van der Waals surface area contributed by atoms with Gasteiger partial charge in [-0.15, -0.1) is 0 Å². The quantitative estimate of drug-likeness (QED) is 0.895. The third kappa shape index (κ3) is 4.27. The van der Waals surface area contributed by atoms with E-state index in [0.29, 0.717) is 0 Å². The average molecular weight is 320 g/mol. The summed E-state index contributed by atoms with van der Waals surface area (Å²) < 4.78 is 5.88. The second kappa shape index (κ2) is 7.75. The number of rotatable bonds is 5. The third-order valence-electron chi connectivity index (χ3n) is 3.24. The molecule has 1 aromatic rings. The van der Waals surface area contributed by atoms with Crippen LogP contribution in [-0.2, 0) is 11.2 Å². The lowest BCUT2D eigenvalue weighted by Gasteiger charge is -2.31. The summed E-state index contributed by atoms with van der Waals surface area (Å²) in [5.74, 6) is 2.11. The Hall–Kier alpha value is 0.0700. The molecule has 106 valence electrons. The van der Waals surface area contributed by atoms with Crippen molar-refractivity contribution >= 4 is 35.0 Å². The van der Waals surface area contributed by atoms with Gasteiger partial charge in [0.1, 0.15) is 0 Å². The first-order chi connectivity index (χ1) is 9.22. The molecule has 1 aliphatic heterocycles. The maximum atomic E-state index is 6.25. The lowest BCUT2D eigenvalue weighted by Crippen LogP contribution is -2.46. The maximum absolute atomic E-state index is 6.25. The van der Waals surface area contributed by atoms with Gasteiger partial charge in [0.25, 0.3) is 0 Å². The molecule has 1 aliphatic rings. The smallest absolute Gasteiger partial charge is 0.0821 e. The van der Waals surface area contributed by atoms with Gasteiger partial charge in [0.05, 0.1) is 12.7 Å². The van der Waals surface area contributed by atoms with Crippen molar-refractivity contribution in [2.75, 3.05) is 24.7 Å². The highest BCUT2D eigenvalue weighted by Crippen LogP contribution is 2.27. The van der Waals surface area contributed by atoms with Crippen LogP contribution < -0.4 is 5.32 Å². The predicted molar refractivity (Wildman–Crippen MR) is 84.7 cm³/mol. The lowest BCUT2D eigenvalue weighted by atomic mass is 10.0. The van der Waals surface area contributed by atoms with E-state index in [-0.39, 0.29) is 12.1 Å². The van der Waals surface area contributed by atoms with Crippen LogP contribution >= 0.6 is 35.0 Å². The summed E-state index contributed by atoms with van der Waals surface area (Å²) in [6, 6.07) is 5.92. The Morgan fingerprint density at radius 2 is 2.16 bits per heavy atom. The Morgan fingerprint density at radius 3 is 2.74 bits per heavy atom. The molecule has 1 N–H and O–H groups in total. The van der Waals surface area contributed by atoms with Gasteiger partial charge in [0.15, 0.2) is 0 Å². The number of halogens is 2. The minimum Gasteiger partial charge on any atom is -0.375 e. The van der Waals surface area contributed by atoms with Crippen LogP contribution in [0.5, 0.6) is 0 Å². The zero-order valence-corrected chi connectivity index (χ0v) is 13.3. The standard InChI is InChI=1S/C14H19Cl2NOS/c1-2-17-13(14-9-19-7-6-18-14)8-10-11(15)4-3-5-12(10)16/h3-5,13-14,17H,2,6-9H2,1H3. The Balaban J connectivity index is 2.11. The van der Waals surface area contributed by atoms with E-state index in [2.05, 4.69) is 12.2 Å². The van der Waals surface area contributed by atoms with Crippen molar-refractivity contribution in [3.8, 4) is 0 Å². The SMILES string of the molecule is CCNC(Cc1c(Cl)cccc1Cl)C1CSCCO1. The van der Waals surface area contributed by atoms with Gasteiger partial charge in [-0.3, -0.25) is 0 Å². The highest BCUT2D eigenvalue weighted by molar-refractivity contribution is 7.99. The third-order valence-corrected chi connectivity index (χ3v) is 4.97. The fourth-order valence-electron chi connectivity index (χ4n) is 2.28. The van der Waals surface area contributed by atoms with E-state index in [1.54, 1.807) is 0 Å². The van der Waals surface area contributed by atoms with Crippen LogP contribution in [0, 0.1) is 0 Å². The fourth-order valence-corrected chi connectivity index (χ4v) is 3.78. The molecular weight excluding hydrogens is 301 g/mol. The van der Waals surface area contributed by atoms with Crippen LogP contribution in [0.15, 0.2) is 18.2 Å². The van der Waals surface area contributed by atoms with Crippen molar-refractivity contribution in [3.63, 3.8) is 0 Å². The summed E-state index contributed by atoms with van der Waals surface area (Å²) >= 11 is 14.5. The lowest BCUT2D eigenvalue weighted by molar-refractivity contribution is 0.0476. The number of benzene rings is 1. The van der Waals surface area contributed by atoms with Gasteiger partial charge in [-0.05, 0) is 30.7 Å². The van der Waals surface area contributed by atoms with Gasteiger partial charge < -0.3 is 10.1 Å². The molecule has 0 aliphatic carbocycles. The van der Waals surface area contributed by atoms with Gasteiger partial charge >= 0.3 is 0 Å². The zero-order chi connectivity index (χ0) is 13.7. The molecule has 0 amide bonds. The molecule has 1 aromatic carbocycles. The number of thioether (sulfide) groups is 1. The highest BCUT2D eigenvalue weighted by Gasteiger charge is 2.25. The van der Waals surface area contributed by atoms with Gasteiger partial charge in [0, 0.05) is 27.6 Å². The largest absolute Gasteiger partial charge is 0.375 e. The van der Waals surface area contributed by atoms with E-state index >= 15 is 0 Å². The van der Waals surface area contributed by atoms with Gasteiger partial charge in [0.2, 0.25) is 0 Å². The predicted octanol–water partition coefficient (Wildman–Crippen LogP) is 3.65.